The number of aromatic amines is 1. The van der Waals surface area contributed by atoms with Gasteiger partial charge in [-0.15, -0.1) is 0 Å². The Morgan fingerprint density at radius 3 is 2.85 bits per heavy atom. The number of aliphatic hydroxyl groups excluding tert-OH is 1. The molecule has 6 N–H and O–H groups in total. The number of nitrogens with zero attached hydrogens (tertiary/aromatic N) is 3. The standard InChI is InChI=1S/C23H27N5O5S/c24-12-14-3-1-2-4-17(14)28-18-7-9-25-22(30)20(18)21(27-28)26-15-5-6-19-16(11-15)23(31,13-29)8-10-34(19,32)33/h5-7,9,11,14,17,29,31-33H,1-4,8,10,13H2,(H,25,30)(H,26,27)/t14-,17+,23?/m1/s1. The Hall–Kier alpha value is -2.88. The number of nitriles is 1. The molecule has 1 aliphatic heterocycles. The third-order valence-electron chi connectivity index (χ3n) is 7.00. The van der Waals surface area contributed by atoms with Crippen molar-refractivity contribution >= 4 is 33.0 Å². The number of H-pyrrole nitrogens is 1. The van der Waals surface area contributed by atoms with E-state index in [2.05, 4.69) is 16.4 Å². The molecule has 0 radical (unpaired) electrons. The van der Waals surface area contributed by atoms with Gasteiger partial charge in [-0.05, 0) is 37.1 Å². The van der Waals surface area contributed by atoms with Crippen molar-refractivity contribution in [1.29, 1.82) is 5.26 Å². The van der Waals surface area contributed by atoms with Crippen LogP contribution in [0.25, 0.3) is 10.9 Å². The van der Waals surface area contributed by atoms with E-state index in [0.29, 0.717) is 22.4 Å². The Morgan fingerprint density at radius 2 is 2.09 bits per heavy atom. The van der Waals surface area contributed by atoms with Crippen LogP contribution in [0.3, 0.4) is 0 Å². The number of aromatic nitrogens is 3. The molecule has 180 valence electrons. The zero-order chi connectivity index (χ0) is 24.1. The molecule has 0 bridgehead atoms. The van der Waals surface area contributed by atoms with Gasteiger partial charge in [0.25, 0.3) is 5.56 Å². The molecule has 34 heavy (non-hydrogen) atoms. The van der Waals surface area contributed by atoms with E-state index >= 15 is 0 Å². The van der Waals surface area contributed by atoms with E-state index in [1.165, 1.54) is 6.07 Å². The molecule has 10 nitrogen and oxygen atoms in total. The van der Waals surface area contributed by atoms with E-state index in [-0.39, 0.29) is 40.2 Å². The van der Waals surface area contributed by atoms with Crippen molar-refractivity contribution in [1.82, 2.24) is 14.8 Å². The van der Waals surface area contributed by atoms with Crippen LogP contribution in [0.1, 0.15) is 43.7 Å². The first-order valence-corrected chi connectivity index (χ1v) is 13.0. The largest absolute Gasteiger partial charge is 0.393 e. The predicted octanol–water partition coefficient (Wildman–Crippen LogP) is 3.42. The minimum Gasteiger partial charge on any atom is -0.393 e. The summed E-state index contributed by atoms with van der Waals surface area (Å²) >= 11 is 0. The van der Waals surface area contributed by atoms with Gasteiger partial charge in [0.15, 0.2) is 5.82 Å². The molecular weight excluding hydrogens is 458 g/mol. The summed E-state index contributed by atoms with van der Waals surface area (Å²) in [5.74, 6) is 0.0712. The summed E-state index contributed by atoms with van der Waals surface area (Å²) in [7, 11) is -3.08. The molecular formula is C23H27N5O5S. The van der Waals surface area contributed by atoms with Crippen LogP contribution in [0.2, 0.25) is 0 Å². The number of nitrogens with one attached hydrogen (secondary N) is 2. The molecule has 3 heterocycles. The molecule has 3 aromatic rings. The highest BCUT2D eigenvalue weighted by atomic mass is 32.3. The van der Waals surface area contributed by atoms with Gasteiger partial charge in [-0.2, -0.15) is 21.0 Å². The van der Waals surface area contributed by atoms with Crippen LogP contribution in [0.5, 0.6) is 0 Å². The molecule has 1 saturated carbocycles. The zero-order valence-corrected chi connectivity index (χ0v) is 19.3. The molecule has 2 aromatic heterocycles. The molecule has 0 amide bonds. The van der Waals surface area contributed by atoms with Crippen molar-refractivity contribution in [2.45, 2.75) is 48.6 Å². The number of hydrogen-bond acceptors (Lipinski definition) is 8. The van der Waals surface area contributed by atoms with Gasteiger partial charge in [-0.25, -0.2) is 0 Å². The number of anilines is 2. The zero-order valence-electron chi connectivity index (χ0n) is 18.4. The summed E-state index contributed by atoms with van der Waals surface area (Å²) in [6.07, 6.45) is 5.11. The fourth-order valence-electron chi connectivity index (χ4n) is 5.11. The second-order valence-corrected chi connectivity index (χ2v) is 11.3. The average Bonchev–Trinajstić information content (AvgIpc) is 3.21. The second kappa shape index (κ2) is 8.41. The lowest BCUT2D eigenvalue weighted by Crippen LogP contribution is -2.37. The van der Waals surface area contributed by atoms with Crippen LogP contribution >= 0.6 is 10.6 Å². The first-order chi connectivity index (χ1) is 16.3. The molecule has 1 aromatic carbocycles. The highest BCUT2D eigenvalue weighted by Crippen LogP contribution is 2.57. The third-order valence-corrected chi connectivity index (χ3v) is 8.83. The lowest BCUT2D eigenvalue weighted by molar-refractivity contribution is -0.0263. The summed E-state index contributed by atoms with van der Waals surface area (Å²) in [5, 5.41) is 38.6. The van der Waals surface area contributed by atoms with E-state index in [4.69, 9.17) is 5.10 Å². The highest BCUT2D eigenvalue weighted by Gasteiger charge is 2.40. The Balaban J connectivity index is 1.60. The van der Waals surface area contributed by atoms with Gasteiger partial charge < -0.3 is 20.5 Å². The molecule has 2 aliphatic rings. The van der Waals surface area contributed by atoms with E-state index < -0.39 is 22.8 Å². The fraction of sp³-hybridized carbons (Fsp3) is 0.435. The summed E-state index contributed by atoms with van der Waals surface area (Å²) in [5.41, 5.74) is -0.596. The molecule has 1 fully saturated rings. The fourth-order valence-corrected chi connectivity index (χ4v) is 6.84. The molecule has 0 saturated heterocycles. The number of hydrogen-bond donors (Lipinski definition) is 6. The second-order valence-electron chi connectivity index (χ2n) is 9.09. The normalized spacial score (nSPS) is 27.0. The quantitative estimate of drug-likeness (QED) is 0.327. The van der Waals surface area contributed by atoms with E-state index in [1.54, 1.807) is 29.1 Å². The maximum absolute atomic E-state index is 12.8. The number of aliphatic hydroxyl groups is 2. The van der Waals surface area contributed by atoms with E-state index in [1.807, 2.05) is 0 Å². The summed E-state index contributed by atoms with van der Waals surface area (Å²) in [6, 6.07) is 8.70. The van der Waals surface area contributed by atoms with Gasteiger partial charge in [0.2, 0.25) is 0 Å². The van der Waals surface area contributed by atoms with Crippen molar-refractivity contribution < 1.29 is 19.3 Å². The Bertz CT molecular complexity index is 1350. The number of benzene rings is 1. The minimum absolute atomic E-state index is 0.0107. The number of rotatable bonds is 4. The monoisotopic (exact) mass is 485 g/mol. The molecule has 1 unspecified atom stereocenters. The van der Waals surface area contributed by atoms with Crippen LogP contribution in [-0.2, 0) is 5.60 Å². The summed E-state index contributed by atoms with van der Waals surface area (Å²) in [4.78, 5) is 15.6. The van der Waals surface area contributed by atoms with Crippen molar-refractivity contribution in [3.8, 4) is 6.07 Å². The SMILES string of the molecule is N#C[C@H]1CCCC[C@@H]1n1nc(Nc2ccc3c(c2)C(O)(CO)CCS3(O)O)c2c(=O)[nH]ccc21. The van der Waals surface area contributed by atoms with Crippen LogP contribution in [0.15, 0.2) is 40.2 Å². The lowest BCUT2D eigenvalue weighted by atomic mass is 9.85. The first-order valence-electron chi connectivity index (χ1n) is 11.3. The molecule has 0 spiro atoms. The summed E-state index contributed by atoms with van der Waals surface area (Å²) < 4.78 is 22.7. The van der Waals surface area contributed by atoms with E-state index in [0.717, 1.165) is 25.7 Å². The summed E-state index contributed by atoms with van der Waals surface area (Å²) in [6.45, 7) is -0.562. The van der Waals surface area contributed by atoms with Crippen LogP contribution in [0.4, 0.5) is 11.5 Å². The van der Waals surface area contributed by atoms with Gasteiger partial charge in [-0.3, -0.25) is 18.6 Å². The van der Waals surface area contributed by atoms with Crippen LogP contribution < -0.4 is 10.9 Å². The van der Waals surface area contributed by atoms with Gasteiger partial charge in [0, 0.05) is 29.6 Å². The van der Waals surface area contributed by atoms with E-state index in [9.17, 15) is 29.4 Å². The smallest absolute Gasteiger partial charge is 0.261 e. The Morgan fingerprint density at radius 1 is 1.29 bits per heavy atom. The van der Waals surface area contributed by atoms with Gasteiger partial charge in [0.1, 0.15) is 11.0 Å². The van der Waals surface area contributed by atoms with Gasteiger partial charge in [0.05, 0.1) is 35.0 Å². The Kier molecular flexibility index (Phi) is 5.66. The topological polar surface area (TPSA) is 167 Å². The first kappa shape index (κ1) is 22.9. The molecule has 5 rings (SSSR count). The molecule has 11 heteroatoms. The number of fused-ring (bicyclic) bond motifs is 2. The van der Waals surface area contributed by atoms with Crippen molar-refractivity contribution in [2.75, 3.05) is 17.7 Å². The maximum Gasteiger partial charge on any atom is 0.261 e. The predicted molar refractivity (Wildman–Crippen MR) is 128 cm³/mol. The van der Waals surface area contributed by atoms with Crippen molar-refractivity contribution in [3.05, 3.63) is 46.4 Å². The third kappa shape index (κ3) is 3.68. The molecule has 1 aliphatic carbocycles. The van der Waals surface area contributed by atoms with Crippen molar-refractivity contribution in [2.24, 2.45) is 5.92 Å². The lowest BCUT2D eigenvalue weighted by Gasteiger charge is -2.44. The minimum atomic E-state index is -3.08. The average molecular weight is 486 g/mol. The highest BCUT2D eigenvalue weighted by molar-refractivity contribution is 8.24. The number of pyridine rings is 1. The van der Waals surface area contributed by atoms with Gasteiger partial charge in [-0.1, -0.05) is 12.8 Å². The Labute approximate surface area is 197 Å². The van der Waals surface area contributed by atoms with Crippen LogP contribution in [-0.4, -0.2) is 46.4 Å². The van der Waals surface area contributed by atoms with Crippen LogP contribution in [0, 0.1) is 17.2 Å². The van der Waals surface area contributed by atoms with Crippen molar-refractivity contribution in [3.63, 3.8) is 0 Å². The maximum atomic E-state index is 12.8. The molecule has 3 atom stereocenters. The van der Waals surface area contributed by atoms with Gasteiger partial charge >= 0.3 is 0 Å².